The lowest BCUT2D eigenvalue weighted by atomic mass is 10.1. The lowest BCUT2D eigenvalue weighted by Gasteiger charge is -2.17. The summed E-state index contributed by atoms with van der Waals surface area (Å²) in [6.07, 6.45) is 1.31. The number of amides is 2. The standard InChI is InChI=1S/C23H21N3O4S/c27-20(13-14-21(28)29)25-17-9-11-18(12-10-17)31-22(16-6-2-1-3-7-16)23(30)26-19-8-4-5-15-24-19/h1-12,15,22H,13-14H2,(H,25,27)(H,28,29)(H,24,26,30). The van der Waals surface area contributed by atoms with Crippen molar-refractivity contribution in [2.75, 3.05) is 10.6 Å². The van der Waals surface area contributed by atoms with E-state index in [1.165, 1.54) is 11.8 Å². The maximum atomic E-state index is 13.0. The van der Waals surface area contributed by atoms with E-state index >= 15 is 0 Å². The van der Waals surface area contributed by atoms with Crippen LogP contribution in [0.5, 0.6) is 0 Å². The number of carboxylic acids is 1. The van der Waals surface area contributed by atoms with Gasteiger partial charge in [-0.25, -0.2) is 4.98 Å². The van der Waals surface area contributed by atoms with Crippen LogP contribution in [0, 0.1) is 0 Å². The van der Waals surface area contributed by atoms with Crippen LogP contribution in [0.2, 0.25) is 0 Å². The average molecular weight is 436 g/mol. The number of aliphatic carboxylic acids is 1. The molecule has 0 radical (unpaired) electrons. The maximum absolute atomic E-state index is 13.0. The van der Waals surface area contributed by atoms with Gasteiger partial charge in [-0.2, -0.15) is 0 Å². The van der Waals surface area contributed by atoms with Crippen LogP contribution in [0.15, 0.2) is 83.9 Å². The molecule has 31 heavy (non-hydrogen) atoms. The molecule has 0 aliphatic carbocycles. The number of nitrogens with zero attached hydrogens (tertiary/aromatic N) is 1. The Hall–Kier alpha value is -3.65. The molecule has 1 atom stereocenters. The quantitative estimate of drug-likeness (QED) is 0.431. The zero-order valence-corrected chi connectivity index (χ0v) is 17.3. The molecule has 7 nitrogen and oxygen atoms in total. The van der Waals surface area contributed by atoms with Crippen LogP contribution in [0.1, 0.15) is 23.7 Å². The zero-order valence-electron chi connectivity index (χ0n) is 16.5. The topological polar surface area (TPSA) is 108 Å². The maximum Gasteiger partial charge on any atom is 0.303 e. The fourth-order valence-electron chi connectivity index (χ4n) is 2.73. The van der Waals surface area contributed by atoms with Crippen LogP contribution < -0.4 is 10.6 Å². The van der Waals surface area contributed by atoms with Crippen molar-refractivity contribution in [1.82, 2.24) is 4.98 Å². The second kappa shape index (κ2) is 10.9. The van der Waals surface area contributed by atoms with Crippen molar-refractivity contribution >= 4 is 41.1 Å². The van der Waals surface area contributed by atoms with Crippen molar-refractivity contribution in [2.24, 2.45) is 0 Å². The highest BCUT2D eigenvalue weighted by molar-refractivity contribution is 8.00. The highest BCUT2D eigenvalue weighted by atomic mass is 32.2. The van der Waals surface area contributed by atoms with Gasteiger partial charge in [0.15, 0.2) is 0 Å². The van der Waals surface area contributed by atoms with E-state index in [0.717, 1.165) is 10.5 Å². The number of pyridine rings is 1. The Balaban J connectivity index is 1.70. The molecule has 0 aliphatic rings. The van der Waals surface area contributed by atoms with Crippen molar-refractivity contribution in [3.63, 3.8) is 0 Å². The summed E-state index contributed by atoms with van der Waals surface area (Å²) in [6, 6.07) is 21.8. The van der Waals surface area contributed by atoms with Gasteiger partial charge in [-0.15, -0.1) is 11.8 Å². The fourth-order valence-corrected chi connectivity index (χ4v) is 3.75. The van der Waals surface area contributed by atoms with E-state index in [1.54, 1.807) is 36.5 Å². The smallest absolute Gasteiger partial charge is 0.303 e. The number of carboxylic acid groups (broad SMARTS) is 1. The molecule has 2 aromatic carbocycles. The number of anilines is 2. The number of aromatic nitrogens is 1. The van der Waals surface area contributed by atoms with Gasteiger partial charge in [0.2, 0.25) is 11.8 Å². The summed E-state index contributed by atoms with van der Waals surface area (Å²) in [6.45, 7) is 0. The Kier molecular flexibility index (Phi) is 7.78. The van der Waals surface area contributed by atoms with Crippen molar-refractivity contribution in [2.45, 2.75) is 23.0 Å². The van der Waals surface area contributed by atoms with E-state index in [2.05, 4.69) is 15.6 Å². The van der Waals surface area contributed by atoms with Crippen LogP contribution in [0.25, 0.3) is 0 Å². The molecule has 3 N–H and O–H groups in total. The molecule has 0 bridgehead atoms. The normalized spacial score (nSPS) is 11.4. The number of hydrogen-bond donors (Lipinski definition) is 3. The first kappa shape index (κ1) is 22.0. The summed E-state index contributed by atoms with van der Waals surface area (Å²) in [5.74, 6) is -1.09. The minimum atomic E-state index is -1.02. The van der Waals surface area contributed by atoms with Crippen molar-refractivity contribution in [1.29, 1.82) is 0 Å². The summed E-state index contributed by atoms with van der Waals surface area (Å²) in [4.78, 5) is 40.3. The Labute approximate surface area is 183 Å². The third-order valence-corrected chi connectivity index (χ3v) is 5.48. The Morgan fingerprint density at radius 2 is 1.58 bits per heavy atom. The van der Waals surface area contributed by atoms with Gasteiger partial charge in [0.25, 0.3) is 0 Å². The minimum absolute atomic E-state index is 0.0877. The van der Waals surface area contributed by atoms with E-state index in [1.807, 2.05) is 42.5 Å². The third kappa shape index (κ3) is 6.97. The largest absolute Gasteiger partial charge is 0.481 e. The summed E-state index contributed by atoms with van der Waals surface area (Å²) in [5.41, 5.74) is 1.42. The number of benzene rings is 2. The van der Waals surface area contributed by atoms with Crippen molar-refractivity contribution in [3.8, 4) is 0 Å². The van der Waals surface area contributed by atoms with Crippen LogP contribution in [0.3, 0.4) is 0 Å². The summed E-state index contributed by atoms with van der Waals surface area (Å²) in [5, 5.41) is 13.7. The summed E-state index contributed by atoms with van der Waals surface area (Å²) < 4.78 is 0. The van der Waals surface area contributed by atoms with Crippen LogP contribution in [-0.2, 0) is 14.4 Å². The predicted molar refractivity (Wildman–Crippen MR) is 120 cm³/mol. The molecular weight excluding hydrogens is 414 g/mol. The van der Waals surface area contributed by atoms with Gasteiger partial charge in [-0.1, -0.05) is 36.4 Å². The number of thioether (sulfide) groups is 1. The summed E-state index contributed by atoms with van der Waals surface area (Å²) in [7, 11) is 0. The molecule has 0 aliphatic heterocycles. The lowest BCUT2D eigenvalue weighted by Crippen LogP contribution is -2.19. The van der Waals surface area contributed by atoms with Gasteiger partial charge in [0.1, 0.15) is 11.1 Å². The van der Waals surface area contributed by atoms with E-state index in [4.69, 9.17) is 5.11 Å². The number of nitrogens with one attached hydrogen (secondary N) is 2. The van der Waals surface area contributed by atoms with Crippen LogP contribution in [0.4, 0.5) is 11.5 Å². The second-order valence-electron chi connectivity index (χ2n) is 6.58. The van der Waals surface area contributed by atoms with E-state index in [9.17, 15) is 14.4 Å². The molecule has 158 valence electrons. The van der Waals surface area contributed by atoms with Gasteiger partial charge in [-0.05, 0) is 42.0 Å². The SMILES string of the molecule is O=C(O)CCC(=O)Nc1ccc(SC(C(=O)Nc2ccccn2)c2ccccc2)cc1. The Bertz CT molecular complexity index is 1030. The number of carbonyl (C=O) groups is 3. The molecule has 0 fully saturated rings. The van der Waals surface area contributed by atoms with Gasteiger partial charge >= 0.3 is 5.97 Å². The molecule has 1 aromatic heterocycles. The average Bonchev–Trinajstić information content (AvgIpc) is 2.78. The highest BCUT2D eigenvalue weighted by Gasteiger charge is 2.22. The molecule has 3 rings (SSSR count). The number of carbonyl (C=O) groups excluding carboxylic acids is 2. The Morgan fingerprint density at radius 1 is 0.871 bits per heavy atom. The number of hydrogen-bond acceptors (Lipinski definition) is 5. The third-order valence-electron chi connectivity index (χ3n) is 4.21. The zero-order chi connectivity index (χ0) is 22.1. The molecule has 0 spiro atoms. The molecule has 2 amide bonds. The first-order valence-electron chi connectivity index (χ1n) is 9.56. The molecule has 1 heterocycles. The molecule has 0 saturated heterocycles. The van der Waals surface area contributed by atoms with Gasteiger partial charge in [0, 0.05) is 23.2 Å². The minimum Gasteiger partial charge on any atom is -0.481 e. The molecular formula is C23H21N3O4S. The predicted octanol–water partition coefficient (Wildman–Crippen LogP) is 4.36. The molecule has 0 saturated carbocycles. The number of rotatable bonds is 9. The Morgan fingerprint density at radius 3 is 2.23 bits per heavy atom. The lowest BCUT2D eigenvalue weighted by molar-refractivity contribution is -0.138. The first-order chi connectivity index (χ1) is 15.0. The molecule has 8 heteroatoms. The van der Waals surface area contributed by atoms with E-state index < -0.39 is 11.2 Å². The van der Waals surface area contributed by atoms with Gasteiger partial charge < -0.3 is 15.7 Å². The van der Waals surface area contributed by atoms with Crippen molar-refractivity contribution < 1.29 is 19.5 Å². The first-order valence-corrected chi connectivity index (χ1v) is 10.4. The molecule has 1 unspecified atom stereocenters. The highest BCUT2D eigenvalue weighted by Crippen LogP contribution is 2.36. The van der Waals surface area contributed by atoms with E-state index in [-0.39, 0.29) is 24.7 Å². The van der Waals surface area contributed by atoms with Gasteiger partial charge in [0.05, 0.1) is 6.42 Å². The monoisotopic (exact) mass is 435 g/mol. The van der Waals surface area contributed by atoms with Crippen LogP contribution in [-0.4, -0.2) is 27.9 Å². The summed E-state index contributed by atoms with van der Waals surface area (Å²) >= 11 is 1.38. The fraction of sp³-hybridized carbons (Fsp3) is 0.130. The molecule has 3 aromatic rings. The van der Waals surface area contributed by atoms with Gasteiger partial charge in [-0.3, -0.25) is 14.4 Å². The van der Waals surface area contributed by atoms with Crippen LogP contribution >= 0.6 is 11.8 Å². The second-order valence-corrected chi connectivity index (χ2v) is 7.76. The van der Waals surface area contributed by atoms with E-state index in [0.29, 0.717) is 11.5 Å². The van der Waals surface area contributed by atoms with Crippen molar-refractivity contribution in [3.05, 3.63) is 84.6 Å².